The van der Waals surface area contributed by atoms with Crippen molar-refractivity contribution < 1.29 is 19.7 Å². The zero-order valence-corrected chi connectivity index (χ0v) is 18.1. The van der Waals surface area contributed by atoms with E-state index in [0.717, 1.165) is 43.2 Å². The van der Waals surface area contributed by atoms with Crippen molar-refractivity contribution in [3.63, 3.8) is 0 Å². The van der Waals surface area contributed by atoms with E-state index in [1.54, 1.807) is 0 Å². The molecule has 3 rings (SSSR count). The summed E-state index contributed by atoms with van der Waals surface area (Å²) in [5.74, 6) is 0.0549. The second-order valence-corrected chi connectivity index (χ2v) is 9.22. The fourth-order valence-corrected chi connectivity index (χ4v) is 5.15. The number of carbonyl (C=O) groups is 1. The van der Waals surface area contributed by atoms with Gasteiger partial charge in [-0.2, -0.15) is 0 Å². The topological polar surface area (TPSA) is 66.8 Å². The van der Waals surface area contributed by atoms with Crippen LogP contribution in [0.5, 0.6) is 0 Å². The van der Waals surface area contributed by atoms with Crippen molar-refractivity contribution in [3.8, 4) is 0 Å². The van der Waals surface area contributed by atoms with Crippen molar-refractivity contribution in [1.29, 1.82) is 0 Å². The summed E-state index contributed by atoms with van der Waals surface area (Å²) >= 11 is 6.59. The number of aliphatic hydroxyl groups excluding tert-OH is 2. The number of benzene rings is 1. The summed E-state index contributed by atoms with van der Waals surface area (Å²) in [6, 6.07) is 6.22. The molecule has 0 saturated heterocycles. The lowest BCUT2D eigenvalue weighted by Crippen LogP contribution is -2.18. The highest BCUT2D eigenvalue weighted by Crippen LogP contribution is 2.46. The first kappa shape index (κ1) is 22.3. The maximum atomic E-state index is 11.6. The van der Waals surface area contributed by atoms with Gasteiger partial charge < -0.3 is 14.9 Å². The molecule has 1 aromatic rings. The number of ether oxygens (including phenoxy) is 1. The first-order valence-electron chi connectivity index (χ1n) is 10.8. The van der Waals surface area contributed by atoms with Crippen molar-refractivity contribution in [1.82, 2.24) is 0 Å². The van der Waals surface area contributed by atoms with Gasteiger partial charge in [0.2, 0.25) is 0 Å². The molecule has 1 saturated carbocycles. The monoisotopic (exact) mass is 420 g/mol. The number of alkyl halides is 1. The minimum Gasteiger partial charge on any atom is -0.463 e. The van der Waals surface area contributed by atoms with Crippen LogP contribution in [0.15, 0.2) is 30.4 Å². The minimum absolute atomic E-state index is 0.0196. The van der Waals surface area contributed by atoms with E-state index in [1.165, 1.54) is 5.56 Å². The Bertz CT molecular complexity index is 730. The molecule has 0 spiro atoms. The number of carbonyl (C=O) groups excluding carboxylic acids is 1. The van der Waals surface area contributed by atoms with E-state index < -0.39 is 6.10 Å². The van der Waals surface area contributed by atoms with Gasteiger partial charge in [0, 0.05) is 17.7 Å². The van der Waals surface area contributed by atoms with E-state index >= 15 is 0 Å². The highest BCUT2D eigenvalue weighted by molar-refractivity contribution is 6.21. The Balaban J connectivity index is 1.56. The van der Waals surface area contributed by atoms with Crippen LogP contribution in [-0.4, -0.2) is 33.8 Å². The van der Waals surface area contributed by atoms with Gasteiger partial charge in [-0.05, 0) is 75.0 Å². The molecule has 5 atom stereocenters. The van der Waals surface area contributed by atoms with Gasteiger partial charge in [0.15, 0.2) is 0 Å². The maximum Gasteiger partial charge on any atom is 0.306 e. The Kier molecular flexibility index (Phi) is 7.78. The number of halogens is 1. The third-order valence-electron chi connectivity index (χ3n) is 6.10. The van der Waals surface area contributed by atoms with Crippen molar-refractivity contribution in [3.05, 3.63) is 47.0 Å². The fourth-order valence-electron chi connectivity index (χ4n) is 4.71. The van der Waals surface area contributed by atoms with E-state index in [9.17, 15) is 15.0 Å². The molecular formula is C24H33ClO4. The molecule has 1 unspecified atom stereocenters. The Morgan fingerprint density at radius 2 is 2.10 bits per heavy atom. The summed E-state index contributed by atoms with van der Waals surface area (Å²) in [6.07, 6.45) is 8.50. The summed E-state index contributed by atoms with van der Waals surface area (Å²) in [7, 11) is 0. The van der Waals surface area contributed by atoms with Gasteiger partial charge in [-0.25, -0.2) is 0 Å². The molecule has 5 heteroatoms. The molecule has 0 radical (unpaired) electrons. The lowest BCUT2D eigenvalue weighted by molar-refractivity contribution is -0.147. The summed E-state index contributed by atoms with van der Waals surface area (Å²) in [4.78, 5) is 11.6. The molecule has 0 heterocycles. The van der Waals surface area contributed by atoms with E-state index in [2.05, 4.69) is 18.2 Å². The second-order valence-electron chi connectivity index (χ2n) is 8.66. The molecule has 4 nitrogen and oxygen atoms in total. The van der Waals surface area contributed by atoms with E-state index in [0.29, 0.717) is 12.8 Å². The molecule has 0 aliphatic heterocycles. The zero-order chi connectivity index (χ0) is 21.0. The van der Waals surface area contributed by atoms with Crippen molar-refractivity contribution in [2.45, 2.75) is 88.4 Å². The van der Waals surface area contributed by atoms with E-state index in [1.807, 2.05) is 26.0 Å². The van der Waals surface area contributed by atoms with Gasteiger partial charge in [-0.3, -0.25) is 4.79 Å². The highest BCUT2D eigenvalue weighted by atomic mass is 35.5. The number of fused-ring (bicyclic) bond motifs is 1. The smallest absolute Gasteiger partial charge is 0.306 e. The molecule has 1 fully saturated rings. The zero-order valence-electron chi connectivity index (χ0n) is 17.4. The molecule has 2 aliphatic rings. The number of aryl methyl sites for hydroxylation is 1. The average molecular weight is 421 g/mol. The number of allylic oxidation sites excluding steroid dienone is 2. The fraction of sp³-hybridized carbons (Fsp3) is 0.625. The molecule has 0 bridgehead atoms. The summed E-state index contributed by atoms with van der Waals surface area (Å²) < 4.78 is 5.14. The Morgan fingerprint density at radius 1 is 1.31 bits per heavy atom. The summed E-state index contributed by atoms with van der Waals surface area (Å²) in [5.41, 5.74) is 3.35. The van der Waals surface area contributed by atoms with Gasteiger partial charge in [0.25, 0.3) is 0 Å². The van der Waals surface area contributed by atoms with Crippen LogP contribution in [0.1, 0.15) is 81.1 Å². The minimum atomic E-state index is -0.439. The molecule has 0 aromatic heterocycles. The standard InChI is InChI=1S/C24H33ClO4/c1-15(2)29-23(28)8-6-4-3-5-7-19-20(25)14-22(27)24(19)17-9-11-18-16(13-17)10-12-21(18)26/h3,5,9,11,13,15,19-22,24,26-27H,4,6-8,10,12,14H2,1-2H3/b5-3-/t19-,20+,21?,22+,24+/m0/s1. The van der Waals surface area contributed by atoms with Crippen LogP contribution in [0.2, 0.25) is 0 Å². The SMILES string of the molecule is CC(C)OC(=O)CCC/C=C\C[C@@H]1[C@@H](c2ccc3c(c2)CCC3O)[C@H](O)C[C@H]1Cl. The van der Waals surface area contributed by atoms with Crippen molar-refractivity contribution in [2.24, 2.45) is 5.92 Å². The number of esters is 1. The largest absolute Gasteiger partial charge is 0.463 e. The Morgan fingerprint density at radius 3 is 2.86 bits per heavy atom. The molecule has 1 aromatic carbocycles. The lowest BCUT2D eigenvalue weighted by Gasteiger charge is -2.23. The molecule has 2 N–H and O–H groups in total. The predicted octanol–water partition coefficient (Wildman–Crippen LogP) is 4.81. The van der Waals surface area contributed by atoms with Crippen LogP contribution in [-0.2, 0) is 16.0 Å². The number of rotatable bonds is 8. The van der Waals surface area contributed by atoms with E-state index in [-0.39, 0.29) is 35.4 Å². The number of hydrogen-bond acceptors (Lipinski definition) is 4. The van der Waals surface area contributed by atoms with Crippen LogP contribution < -0.4 is 0 Å². The normalized spacial score (nSPS) is 29.0. The van der Waals surface area contributed by atoms with Gasteiger partial charge in [0.1, 0.15) is 0 Å². The maximum absolute atomic E-state index is 11.6. The third kappa shape index (κ3) is 5.62. The number of hydrogen-bond donors (Lipinski definition) is 2. The number of unbranched alkanes of at least 4 members (excludes halogenated alkanes) is 1. The molecular weight excluding hydrogens is 388 g/mol. The molecule has 0 amide bonds. The van der Waals surface area contributed by atoms with Gasteiger partial charge in [0.05, 0.1) is 18.3 Å². The Labute approximate surface area is 178 Å². The van der Waals surface area contributed by atoms with Crippen LogP contribution >= 0.6 is 11.6 Å². The van der Waals surface area contributed by atoms with Gasteiger partial charge in [-0.15, -0.1) is 11.6 Å². The van der Waals surface area contributed by atoms with Crippen molar-refractivity contribution in [2.75, 3.05) is 0 Å². The second kappa shape index (κ2) is 10.1. The Hall–Kier alpha value is -1.36. The van der Waals surface area contributed by atoms with Crippen molar-refractivity contribution >= 4 is 17.6 Å². The predicted molar refractivity (Wildman–Crippen MR) is 115 cm³/mol. The third-order valence-corrected chi connectivity index (χ3v) is 6.60. The lowest BCUT2D eigenvalue weighted by atomic mass is 9.84. The molecule has 160 valence electrons. The first-order valence-corrected chi connectivity index (χ1v) is 11.3. The van der Waals surface area contributed by atoms with E-state index in [4.69, 9.17) is 16.3 Å². The average Bonchev–Trinajstić information content (AvgIpc) is 3.16. The highest BCUT2D eigenvalue weighted by Gasteiger charge is 2.42. The molecule has 29 heavy (non-hydrogen) atoms. The van der Waals surface area contributed by atoms with Gasteiger partial charge in [-0.1, -0.05) is 30.4 Å². The quantitative estimate of drug-likeness (QED) is 0.274. The van der Waals surface area contributed by atoms with Crippen LogP contribution in [0, 0.1) is 5.92 Å². The van der Waals surface area contributed by atoms with Crippen LogP contribution in [0.25, 0.3) is 0 Å². The van der Waals surface area contributed by atoms with Crippen LogP contribution in [0.3, 0.4) is 0 Å². The van der Waals surface area contributed by atoms with Gasteiger partial charge >= 0.3 is 5.97 Å². The summed E-state index contributed by atoms with van der Waals surface area (Å²) in [6.45, 7) is 3.71. The van der Waals surface area contributed by atoms with Crippen LogP contribution in [0.4, 0.5) is 0 Å². The summed E-state index contributed by atoms with van der Waals surface area (Å²) in [5, 5.41) is 20.6. The molecule has 2 aliphatic carbocycles. The first-order chi connectivity index (χ1) is 13.9. The number of aliphatic hydroxyl groups is 2.